The number of nitrogens with zero attached hydrogens (tertiary/aromatic N) is 1. The topological polar surface area (TPSA) is 16.4 Å². The third-order valence-electron chi connectivity index (χ3n) is 7.42. The summed E-state index contributed by atoms with van der Waals surface area (Å²) in [5, 5.41) is 7.06. The Morgan fingerprint density at radius 3 is 1.97 bits per heavy atom. The van der Waals surface area contributed by atoms with Crippen LogP contribution < -0.4 is 4.90 Å². The van der Waals surface area contributed by atoms with Crippen LogP contribution in [0, 0.1) is 0 Å². The van der Waals surface area contributed by atoms with Crippen LogP contribution in [-0.4, -0.2) is 0 Å². The van der Waals surface area contributed by atoms with Gasteiger partial charge >= 0.3 is 0 Å². The van der Waals surface area contributed by atoms with Gasteiger partial charge in [-0.1, -0.05) is 98.8 Å². The van der Waals surface area contributed by atoms with Gasteiger partial charge in [-0.05, 0) is 52.6 Å². The highest BCUT2D eigenvalue weighted by Crippen LogP contribution is 2.45. The van der Waals surface area contributed by atoms with Crippen molar-refractivity contribution in [3.8, 4) is 0 Å². The Balaban J connectivity index is 1.56. The number of furan rings is 1. The van der Waals surface area contributed by atoms with Gasteiger partial charge in [0.25, 0.3) is 0 Å². The Morgan fingerprint density at radius 1 is 0.568 bits per heavy atom. The van der Waals surface area contributed by atoms with E-state index in [0.717, 1.165) is 39.0 Å². The van der Waals surface area contributed by atoms with E-state index >= 15 is 0 Å². The summed E-state index contributed by atoms with van der Waals surface area (Å²) in [6, 6.07) is 43.3. The average molecular weight is 478 g/mol. The third kappa shape index (κ3) is 3.48. The number of para-hydroxylation sites is 1. The lowest BCUT2D eigenvalue weighted by Crippen LogP contribution is -2.10. The molecule has 0 aliphatic heterocycles. The summed E-state index contributed by atoms with van der Waals surface area (Å²) in [4.78, 5) is 2.34. The lowest BCUT2D eigenvalue weighted by atomic mass is 9.99. The van der Waals surface area contributed by atoms with E-state index in [9.17, 15) is 0 Å². The van der Waals surface area contributed by atoms with E-state index in [1.165, 1.54) is 27.1 Å². The first-order valence-electron chi connectivity index (χ1n) is 12.9. The fourth-order valence-corrected chi connectivity index (χ4v) is 5.55. The van der Waals surface area contributed by atoms with E-state index in [4.69, 9.17) is 4.42 Å². The van der Waals surface area contributed by atoms with Crippen LogP contribution in [0.1, 0.15) is 25.3 Å². The Labute approximate surface area is 216 Å². The Bertz CT molecular complexity index is 1900. The lowest BCUT2D eigenvalue weighted by molar-refractivity contribution is 0.673. The zero-order valence-electron chi connectivity index (χ0n) is 21.0. The maximum atomic E-state index is 6.66. The molecular weight excluding hydrogens is 450 g/mol. The van der Waals surface area contributed by atoms with Crippen molar-refractivity contribution in [1.29, 1.82) is 0 Å². The lowest BCUT2D eigenvalue weighted by Gasteiger charge is -2.27. The van der Waals surface area contributed by atoms with Crippen LogP contribution in [-0.2, 0) is 0 Å². The minimum atomic E-state index is 0.488. The summed E-state index contributed by atoms with van der Waals surface area (Å²) in [6.07, 6.45) is 0. The third-order valence-corrected chi connectivity index (χ3v) is 7.42. The largest absolute Gasteiger partial charge is 0.455 e. The molecule has 37 heavy (non-hydrogen) atoms. The van der Waals surface area contributed by atoms with Crippen LogP contribution in [0.25, 0.3) is 43.5 Å². The highest BCUT2D eigenvalue weighted by molar-refractivity contribution is 6.25. The molecule has 0 saturated heterocycles. The van der Waals surface area contributed by atoms with Crippen LogP contribution >= 0.6 is 0 Å². The maximum Gasteiger partial charge on any atom is 0.143 e. The van der Waals surface area contributed by atoms with Crippen LogP contribution in [0.2, 0.25) is 0 Å². The van der Waals surface area contributed by atoms with Crippen LogP contribution in [0.5, 0.6) is 0 Å². The normalized spacial score (nSPS) is 11.8. The minimum Gasteiger partial charge on any atom is -0.455 e. The molecule has 0 amide bonds. The van der Waals surface area contributed by atoms with Gasteiger partial charge in [0.15, 0.2) is 0 Å². The van der Waals surface area contributed by atoms with Crippen LogP contribution in [0.4, 0.5) is 17.1 Å². The van der Waals surface area contributed by atoms with Crippen molar-refractivity contribution in [2.24, 2.45) is 0 Å². The summed E-state index contributed by atoms with van der Waals surface area (Å²) < 4.78 is 6.66. The van der Waals surface area contributed by atoms with Gasteiger partial charge in [-0.2, -0.15) is 0 Å². The predicted octanol–water partition coefficient (Wildman–Crippen LogP) is 10.5. The molecule has 178 valence electrons. The van der Waals surface area contributed by atoms with Crippen molar-refractivity contribution >= 4 is 60.5 Å². The van der Waals surface area contributed by atoms with Crippen molar-refractivity contribution in [3.05, 3.63) is 127 Å². The second-order valence-corrected chi connectivity index (χ2v) is 10.00. The maximum absolute atomic E-state index is 6.66. The second kappa shape index (κ2) is 8.53. The van der Waals surface area contributed by atoms with Gasteiger partial charge in [-0.15, -0.1) is 0 Å². The number of fused-ring (bicyclic) bond motifs is 7. The molecule has 0 aliphatic rings. The molecule has 0 atom stereocenters. The molecular formula is C35H27NO. The molecule has 0 spiro atoms. The van der Waals surface area contributed by atoms with E-state index in [1.807, 2.05) is 0 Å². The van der Waals surface area contributed by atoms with Crippen molar-refractivity contribution in [1.82, 2.24) is 0 Å². The number of hydrogen-bond donors (Lipinski definition) is 0. The molecule has 7 aromatic rings. The molecule has 1 aromatic heterocycles. The first-order valence-corrected chi connectivity index (χ1v) is 12.9. The molecule has 1 heterocycles. The van der Waals surface area contributed by atoms with Gasteiger partial charge in [0, 0.05) is 39.0 Å². The number of benzene rings is 6. The quantitative estimate of drug-likeness (QED) is 0.251. The standard InChI is InChI=1S/C35H27NO/c1-23(2)24-16-19-27(20-17-24)36(26-11-4-3-5-12-26)32-22-33-34(30-15-9-8-14-29(30)32)31-21-18-25-10-6-7-13-28(25)35(31)37-33/h3-23H,1-2H3. The van der Waals surface area contributed by atoms with Gasteiger partial charge in [0.1, 0.15) is 11.2 Å². The summed E-state index contributed by atoms with van der Waals surface area (Å²) in [6.45, 7) is 4.47. The molecule has 0 radical (unpaired) electrons. The SMILES string of the molecule is CC(C)c1ccc(N(c2ccccc2)c2cc3oc4c5ccccc5ccc4c3c3ccccc23)cc1. The van der Waals surface area contributed by atoms with Gasteiger partial charge in [-0.25, -0.2) is 0 Å². The fraction of sp³-hybridized carbons (Fsp3) is 0.0857. The summed E-state index contributed by atoms with van der Waals surface area (Å²) in [5.74, 6) is 0.488. The molecule has 0 unspecified atom stereocenters. The van der Waals surface area contributed by atoms with E-state index in [-0.39, 0.29) is 0 Å². The monoisotopic (exact) mass is 477 g/mol. The highest BCUT2D eigenvalue weighted by Gasteiger charge is 2.20. The highest BCUT2D eigenvalue weighted by atomic mass is 16.3. The predicted molar refractivity (Wildman–Crippen MR) is 158 cm³/mol. The summed E-state index contributed by atoms with van der Waals surface area (Å²) in [5.41, 5.74) is 6.53. The average Bonchev–Trinajstić information content (AvgIpc) is 3.33. The van der Waals surface area contributed by atoms with Crippen molar-refractivity contribution in [3.63, 3.8) is 0 Å². The molecule has 0 saturated carbocycles. The molecule has 0 N–H and O–H groups in total. The minimum absolute atomic E-state index is 0.488. The smallest absolute Gasteiger partial charge is 0.143 e. The zero-order valence-corrected chi connectivity index (χ0v) is 21.0. The molecule has 0 fully saturated rings. The van der Waals surface area contributed by atoms with Crippen molar-refractivity contribution in [2.45, 2.75) is 19.8 Å². The van der Waals surface area contributed by atoms with E-state index < -0.39 is 0 Å². The van der Waals surface area contributed by atoms with Gasteiger partial charge < -0.3 is 9.32 Å². The second-order valence-electron chi connectivity index (χ2n) is 10.00. The molecule has 6 aromatic carbocycles. The summed E-state index contributed by atoms with van der Waals surface area (Å²) >= 11 is 0. The van der Waals surface area contributed by atoms with E-state index in [0.29, 0.717) is 5.92 Å². The zero-order chi connectivity index (χ0) is 24.9. The summed E-state index contributed by atoms with van der Waals surface area (Å²) in [7, 11) is 0. The molecule has 7 rings (SSSR count). The van der Waals surface area contributed by atoms with Gasteiger partial charge in [-0.3, -0.25) is 0 Å². The first kappa shape index (κ1) is 21.7. The molecule has 0 aliphatic carbocycles. The molecule has 2 nitrogen and oxygen atoms in total. The Morgan fingerprint density at radius 2 is 1.22 bits per heavy atom. The van der Waals surface area contributed by atoms with Crippen LogP contribution in [0.15, 0.2) is 126 Å². The van der Waals surface area contributed by atoms with Gasteiger partial charge in [0.2, 0.25) is 0 Å². The van der Waals surface area contributed by atoms with Crippen LogP contribution in [0.3, 0.4) is 0 Å². The van der Waals surface area contributed by atoms with Crippen molar-refractivity contribution in [2.75, 3.05) is 4.90 Å². The number of hydrogen-bond acceptors (Lipinski definition) is 2. The number of anilines is 3. The fourth-order valence-electron chi connectivity index (χ4n) is 5.55. The number of rotatable bonds is 4. The Kier molecular flexibility index (Phi) is 5.00. The molecule has 2 heteroatoms. The van der Waals surface area contributed by atoms with E-state index in [2.05, 4.69) is 140 Å². The van der Waals surface area contributed by atoms with E-state index in [1.54, 1.807) is 0 Å². The Hall–Kier alpha value is -4.56. The first-order chi connectivity index (χ1) is 18.2. The van der Waals surface area contributed by atoms with Gasteiger partial charge in [0.05, 0.1) is 5.69 Å². The van der Waals surface area contributed by atoms with Crippen molar-refractivity contribution < 1.29 is 4.42 Å². The molecule has 0 bridgehead atoms.